The van der Waals surface area contributed by atoms with Crippen molar-refractivity contribution in [3.8, 4) is 28.7 Å². The minimum atomic E-state index is -1.68. The SMILES string of the molecule is CC1NC(=O)C2Cc3ccc(O)c(c3)Oc3ccc(cc3)[C@H](O)C(C(=O)N2C)N(C)C(=O)C(C)NC(=O)C(Cc2ccc(O)c(O)c2)N(C)C(=O)C(C)NC1=O. The van der Waals surface area contributed by atoms with Gasteiger partial charge in [0.1, 0.15) is 48.1 Å². The van der Waals surface area contributed by atoms with Gasteiger partial charge in [0.15, 0.2) is 23.0 Å². The van der Waals surface area contributed by atoms with Gasteiger partial charge >= 0.3 is 0 Å². The highest BCUT2D eigenvalue weighted by Gasteiger charge is 2.42. The van der Waals surface area contributed by atoms with Gasteiger partial charge in [0.2, 0.25) is 35.4 Å². The summed E-state index contributed by atoms with van der Waals surface area (Å²) < 4.78 is 5.90. The van der Waals surface area contributed by atoms with Crippen molar-refractivity contribution in [3.05, 3.63) is 77.4 Å². The fourth-order valence-corrected chi connectivity index (χ4v) is 6.69. The molecular formula is C39H46N6O11. The third-order valence-corrected chi connectivity index (χ3v) is 10.1. The number of carbonyl (C=O) groups is 6. The van der Waals surface area contributed by atoms with E-state index in [2.05, 4.69) is 16.0 Å². The van der Waals surface area contributed by atoms with E-state index in [0.717, 1.165) is 14.7 Å². The molecule has 17 heteroatoms. The van der Waals surface area contributed by atoms with Crippen molar-refractivity contribution >= 4 is 35.4 Å². The van der Waals surface area contributed by atoms with E-state index in [1.165, 1.54) is 103 Å². The van der Waals surface area contributed by atoms with Crippen LogP contribution in [0, 0.1) is 0 Å². The number of phenolic OH excluding ortho intramolecular Hbond substituents is 3. The molecule has 3 aromatic carbocycles. The quantitative estimate of drug-likeness (QED) is 0.176. The van der Waals surface area contributed by atoms with Crippen LogP contribution in [0.3, 0.4) is 0 Å². The number of carbonyl (C=O) groups excluding carboxylic acids is 6. The summed E-state index contributed by atoms with van der Waals surface area (Å²) in [6.45, 7) is 4.12. The number of nitrogens with zero attached hydrogens (tertiary/aromatic N) is 3. The van der Waals surface area contributed by atoms with Crippen LogP contribution in [0.15, 0.2) is 60.7 Å². The standard InChI is InChI=1S/C39H46N6O11/c1-19-34(50)41-20(2)37(53)43(4)26(15-22-7-13-28(46)30(48)17-22)36(52)42-21(3)38(54)45(6)32-33(49)24-9-11-25(12-10-24)56-31-18-23(8-14-29(31)47)16-27(35(51)40-19)44(5)39(32)55/h7-14,17-21,26-27,32-33,46-49H,15-16H2,1-6H3,(H,40,51)(H,41,50)(H,42,52)/t19?,20?,21?,26?,27?,32?,33-/m0/s1. The van der Waals surface area contributed by atoms with Gasteiger partial charge in [-0.3, -0.25) is 28.8 Å². The summed E-state index contributed by atoms with van der Waals surface area (Å²) in [5, 5.41) is 50.1. The fourth-order valence-electron chi connectivity index (χ4n) is 6.69. The Labute approximate surface area is 322 Å². The van der Waals surface area contributed by atoms with E-state index in [1.807, 2.05) is 0 Å². The molecule has 3 aromatic rings. The number of rotatable bonds is 2. The maximum absolute atomic E-state index is 14.6. The molecule has 3 heterocycles. The summed E-state index contributed by atoms with van der Waals surface area (Å²) in [5.41, 5.74) is 0.982. The van der Waals surface area contributed by atoms with E-state index in [0.29, 0.717) is 11.1 Å². The maximum atomic E-state index is 14.6. The molecule has 6 unspecified atom stereocenters. The summed E-state index contributed by atoms with van der Waals surface area (Å²) >= 11 is 0. The van der Waals surface area contributed by atoms with Crippen molar-refractivity contribution in [2.24, 2.45) is 0 Å². The third kappa shape index (κ3) is 8.62. The predicted molar refractivity (Wildman–Crippen MR) is 199 cm³/mol. The van der Waals surface area contributed by atoms with Crippen LogP contribution in [0.1, 0.15) is 43.6 Å². The van der Waals surface area contributed by atoms with Crippen LogP contribution in [-0.4, -0.2) is 128 Å². The second-order valence-electron chi connectivity index (χ2n) is 14.2. The highest BCUT2D eigenvalue weighted by molar-refractivity contribution is 5.98. The normalized spacial score (nSPS) is 25.8. The van der Waals surface area contributed by atoms with E-state index in [1.54, 1.807) is 0 Å². The molecule has 298 valence electrons. The fraction of sp³-hybridized carbons (Fsp3) is 0.385. The number of ether oxygens (including phenoxy) is 1. The number of hydrogen-bond donors (Lipinski definition) is 7. The Hall–Kier alpha value is -6.36. The minimum Gasteiger partial charge on any atom is -0.504 e. The van der Waals surface area contributed by atoms with Gasteiger partial charge in [-0.05, 0) is 73.9 Å². The molecule has 56 heavy (non-hydrogen) atoms. The number of phenols is 3. The molecule has 0 spiro atoms. The molecule has 7 atom stereocenters. The van der Waals surface area contributed by atoms with Gasteiger partial charge in [-0.25, -0.2) is 0 Å². The molecule has 6 amide bonds. The highest BCUT2D eigenvalue weighted by atomic mass is 16.5. The van der Waals surface area contributed by atoms with Crippen molar-refractivity contribution in [1.29, 1.82) is 0 Å². The summed E-state index contributed by atoms with van der Waals surface area (Å²) in [5.74, 6) is -5.46. The van der Waals surface area contributed by atoms with E-state index in [-0.39, 0.29) is 35.7 Å². The zero-order valence-corrected chi connectivity index (χ0v) is 31.7. The summed E-state index contributed by atoms with van der Waals surface area (Å²) in [4.78, 5) is 87.1. The maximum Gasteiger partial charge on any atom is 0.248 e. The number of fused-ring (bicyclic) bond motifs is 2. The first-order valence-electron chi connectivity index (χ1n) is 17.9. The average molecular weight is 775 g/mol. The topological polar surface area (TPSA) is 238 Å². The van der Waals surface area contributed by atoms with Crippen LogP contribution >= 0.6 is 0 Å². The summed E-state index contributed by atoms with van der Waals surface area (Å²) in [6, 6.07) is 6.07. The number of aromatic hydroxyl groups is 3. The van der Waals surface area contributed by atoms with Gasteiger partial charge in [0.05, 0.1) is 0 Å². The Balaban J connectivity index is 1.61. The molecule has 0 aromatic heterocycles. The Morgan fingerprint density at radius 2 is 1.23 bits per heavy atom. The number of aliphatic hydroxyl groups excluding tert-OH is 1. The van der Waals surface area contributed by atoms with E-state index < -0.39 is 89.3 Å². The van der Waals surface area contributed by atoms with E-state index >= 15 is 0 Å². The van der Waals surface area contributed by atoms with Crippen molar-refractivity contribution in [2.75, 3.05) is 21.1 Å². The van der Waals surface area contributed by atoms with Crippen molar-refractivity contribution in [1.82, 2.24) is 30.7 Å². The lowest BCUT2D eigenvalue weighted by Crippen LogP contribution is -2.62. The zero-order chi connectivity index (χ0) is 41.2. The molecule has 17 nitrogen and oxygen atoms in total. The van der Waals surface area contributed by atoms with E-state index in [9.17, 15) is 49.2 Å². The molecule has 7 N–H and O–H groups in total. The highest BCUT2D eigenvalue weighted by Crippen LogP contribution is 2.34. The molecular weight excluding hydrogens is 728 g/mol. The van der Waals surface area contributed by atoms with Gasteiger partial charge in [-0.15, -0.1) is 0 Å². The number of amides is 6. The van der Waals surface area contributed by atoms with Gasteiger partial charge < -0.3 is 55.8 Å². The molecule has 6 bridgehead atoms. The molecule has 1 fully saturated rings. The first-order valence-corrected chi connectivity index (χ1v) is 17.9. The molecule has 0 aliphatic carbocycles. The predicted octanol–water partition coefficient (Wildman–Crippen LogP) is 0.437. The number of benzene rings is 3. The lowest BCUT2D eigenvalue weighted by Gasteiger charge is -2.38. The molecule has 3 aliphatic heterocycles. The lowest BCUT2D eigenvalue weighted by atomic mass is 9.96. The van der Waals surface area contributed by atoms with E-state index in [4.69, 9.17) is 4.74 Å². The smallest absolute Gasteiger partial charge is 0.248 e. The van der Waals surface area contributed by atoms with Gasteiger partial charge in [-0.2, -0.15) is 0 Å². The lowest BCUT2D eigenvalue weighted by molar-refractivity contribution is -0.153. The number of nitrogens with one attached hydrogen (secondary N) is 3. The van der Waals surface area contributed by atoms with Crippen molar-refractivity contribution in [3.63, 3.8) is 0 Å². The monoisotopic (exact) mass is 774 g/mol. The van der Waals surface area contributed by atoms with Crippen LogP contribution in [-0.2, 0) is 41.6 Å². The third-order valence-electron chi connectivity index (χ3n) is 10.1. The largest absolute Gasteiger partial charge is 0.504 e. The second-order valence-corrected chi connectivity index (χ2v) is 14.2. The zero-order valence-electron chi connectivity index (χ0n) is 31.7. The van der Waals surface area contributed by atoms with Crippen molar-refractivity contribution < 1.29 is 53.9 Å². The second kappa shape index (κ2) is 16.6. The molecule has 6 rings (SSSR count). The average Bonchev–Trinajstić information content (AvgIpc) is 3.16. The number of aliphatic hydroxyl groups is 1. The number of hydrogen-bond acceptors (Lipinski definition) is 11. The number of likely N-dealkylation sites (N-methyl/N-ethyl adjacent to an activating group) is 3. The van der Waals surface area contributed by atoms with Crippen LogP contribution in [0.5, 0.6) is 28.7 Å². The summed E-state index contributed by atoms with van der Waals surface area (Å²) in [6.07, 6.45) is -2.03. The van der Waals surface area contributed by atoms with Crippen LogP contribution in [0.2, 0.25) is 0 Å². The molecule has 0 saturated carbocycles. The van der Waals surface area contributed by atoms with Gasteiger partial charge in [-0.1, -0.05) is 24.3 Å². The first-order chi connectivity index (χ1) is 26.4. The van der Waals surface area contributed by atoms with Gasteiger partial charge in [0.25, 0.3) is 0 Å². The molecule has 3 aliphatic rings. The summed E-state index contributed by atoms with van der Waals surface area (Å²) in [7, 11) is 3.91. The molecule has 0 radical (unpaired) electrons. The Morgan fingerprint density at radius 1 is 0.643 bits per heavy atom. The van der Waals surface area contributed by atoms with Crippen LogP contribution in [0.4, 0.5) is 0 Å². The Kier molecular flexibility index (Phi) is 12.1. The van der Waals surface area contributed by atoms with Gasteiger partial charge in [0, 0.05) is 34.0 Å². The van der Waals surface area contributed by atoms with Crippen molar-refractivity contribution in [2.45, 2.75) is 76.0 Å². The Bertz CT molecular complexity index is 2020. The Morgan fingerprint density at radius 3 is 1.88 bits per heavy atom. The first kappa shape index (κ1) is 40.8. The minimum absolute atomic E-state index is 0.0569. The van der Waals surface area contributed by atoms with Crippen LogP contribution < -0.4 is 20.7 Å². The molecule has 1 saturated heterocycles. The van der Waals surface area contributed by atoms with Crippen LogP contribution in [0.25, 0.3) is 0 Å².